The molecule has 0 fully saturated rings. The molecule has 0 saturated carbocycles. The van der Waals surface area contributed by atoms with Crippen LogP contribution in [0.4, 0.5) is 5.69 Å². The minimum atomic E-state index is -0.707. The van der Waals surface area contributed by atoms with E-state index in [2.05, 4.69) is 0 Å². The number of carbonyl (C=O) groups is 1. The molecule has 0 aliphatic carbocycles. The van der Waals surface area contributed by atoms with E-state index in [1.807, 2.05) is 0 Å². The number of hydrogen-bond donors (Lipinski definition) is 0. The first kappa shape index (κ1) is 21.6. The molecule has 0 N–H and O–H groups in total. The first-order valence-electron chi connectivity index (χ1n) is 9.71. The lowest BCUT2D eigenvalue weighted by molar-refractivity contribution is -0.384. The highest BCUT2D eigenvalue weighted by molar-refractivity contribution is 5.92. The molecular weight excluding hydrogens is 430 g/mol. The summed E-state index contributed by atoms with van der Waals surface area (Å²) >= 11 is 0. The molecule has 0 atom stereocenters. The molecule has 3 aromatic carbocycles. The van der Waals surface area contributed by atoms with Crippen LogP contribution in [-0.2, 0) is 0 Å². The van der Waals surface area contributed by atoms with Gasteiger partial charge in [0.1, 0.15) is 28.6 Å². The maximum atomic E-state index is 13.0. The minimum Gasteiger partial charge on any atom is -0.497 e. The Balaban J connectivity index is 1.60. The van der Waals surface area contributed by atoms with Crippen molar-refractivity contribution >= 4 is 22.6 Å². The maximum Gasteiger partial charge on any atom is 0.343 e. The third kappa shape index (κ3) is 4.52. The Morgan fingerprint density at radius 1 is 0.970 bits per heavy atom. The van der Waals surface area contributed by atoms with E-state index in [0.717, 1.165) is 0 Å². The van der Waals surface area contributed by atoms with Gasteiger partial charge in [0.15, 0.2) is 0 Å². The van der Waals surface area contributed by atoms with Crippen molar-refractivity contribution in [1.82, 2.24) is 0 Å². The van der Waals surface area contributed by atoms with E-state index in [1.54, 1.807) is 31.2 Å². The van der Waals surface area contributed by atoms with Gasteiger partial charge in [-0.25, -0.2) is 4.79 Å². The highest BCUT2D eigenvalue weighted by Gasteiger charge is 2.17. The number of nitrogens with zero attached hydrogens (tertiary/aromatic N) is 1. The number of methoxy groups -OCH3 is 1. The summed E-state index contributed by atoms with van der Waals surface area (Å²) in [4.78, 5) is 35.5. The van der Waals surface area contributed by atoms with Gasteiger partial charge in [-0.1, -0.05) is 6.07 Å². The van der Waals surface area contributed by atoms with Gasteiger partial charge >= 0.3 is 5.97 Å². The molecule has 0 radical (unpaired) electrons. The smallest absolute Gasteiger partial charge is 0.343 e. The van der Waals surface area contributed by atoms with Crippen molar-refractivity contribution in [2.75, 3.05) is 7.11 Å². The zero-order chi connectivity index (χ0) is 23.5. The van der Waals surface area contributed by atoms with Crippen LogP contribution >= 0.6 is 0 Å². The van der Waals surface area contributed by atoms with Gasteiger partial charge in [0.05, 0.1) is 23.0 Å². The van der Waals surface area contributed by atoms with Crippen molar-refractivity contribution in [1.29, 1.82) is 0 Å². The number of benzene rings is 3. The number of nitro benzene ring substituents is 1. The lowest BCUT2D eigenvalue weighted by atomic mass is 10.2. The van der Waals surface area contributed by atoms with Crippen LogP contribution in [0.1, 0.15) is 16.1 Å². The average Bonchev–Trinajstić information content (AvgIpc) is 2.81. The second-order valence-electron chi connectivity index (χ2n) is 6.95. The quantitative estimate of drug-likeness (QED) is 0.175. The summed E-state index contributed by atoms with van der Waals surface area (Å²) in [6.07, 6.45) is 0. The maximum absolute atomic E-state index is 13.0. The van der Waals surface area contributed by atoms with Gasteiger partial charge in [0, 0.05) is 24.3 Å². The molecule has 9 heteroatoms. The molecule has 0 aliphatic heterocycles. The Bertz CT molecular complexity index is 1420. The van der Waals surface area contributed by atoms with Crippen LogP contribution < -0.4 is 19.6 Å². The third-order valence-electron chi connectivity index (χ3n) is 4.77. The summed E-state index contributed by atoms with van der Waals surface area (Å²) in [6.45, 7) is 1.59. The van der Waals surface area contributed by atoms with Crippen molar-refractivity contribution in [3.63, 3.8) is 0 Å². The topological polar surface area (TPSA) is 118 Å². The van der Waals surface area contributed by atoms with Crippen LogP contribution in [0.25, 0.3) is 11.0 Å². The molecule has 0 bridgehead atoms. The van der Waals surface area contributed by atoms with E-state index in [9.17, 15) is 19.7 Å². The summed E-state index contributed by atoms with van der Waals surface area (Å²) in [5.74, 6) is 0.712. The summed E-state index contributed by atoms with van der Waals surface area (Å²) in [7, 11) is 1.53. The van der Waals surface area contributed by atoms with E-state index < -0.39 is 10.9 Å². The van der Waals surface area contributed by atoms with Crippen LogP contribution in [0.15, 0.2) is 75.9 Å². The Kier molecular flexibility index (Phi) is 5.77. The van der Waals surface area contributed by atoms with Crippen LogP contribution in [0.5, 0.6) is 23.0 Å². The first-order valence-corrected chi connectivity index (χ1v) is 9.71. The molecular formula is C24H17NO8. The van der Waals surface area contributed by atoms with Crippen molar-refractivity contribution in [2.24, 2.45) is 0 Å². The fourth-order valence-electron chi connectivity index (χ4n) is 3.12. The Morgan fingerprint density at radius 3 is 2.39 bits per heavy atom. The lowest BCUT2D eigenvalue weighted by Gasteiger charge is -2.10. The SMILES string of the molecule is COc1cccc(Oc2c(C)oc3cc(OC(=O)c4ccc([N+](=O)[O-])cc4)ccc3c2=O)c1. The molecule has 33 heavy (non-hydrogen) atoms. The Labute approximate surface area is 186 Å². The number of nitro groups is 1. The van der Waals surface area contributed by atoms with E-state index in [-0.39, 0.29) is 44.9 Å². The highest BCUT2D eigenvalue weighted by Crippen LogP contribution is 2.29. The molecule has 4 rings (SSSR count). The van der Waals surface area contributed by atoms with Gasteiger partial charge in [0.25, 0.3) is 5.69 Å². The summed E-state index contributed by atoms with van der Waals surface area (Å²) < 4.78 is 22.0. The normalized spacial score (nSPS) is 10.6. The molecule has 0 amide bonds. The average molecular weight is 447 g/mol. The molecule has 9 nitrogen and oxygen atoms in total. The molecule has 4 aromatic rings. The van der Waals surface area contributed by atoms with Gasteiger partial charge in [0.2, 0.25) is 11.2 Å². The molecule has 1 aromatic heterocycles. The molecule has 166 valence electrons. The van der Waals surface area contributed by atoms with Crippen molar-refractivity contribution < 1.29 is 28.3 Å². The van der Waals surface area contributed by atoms with Gasteiger partial charge < -0.3 is 18.6 Å². The summed E-state index contributed by atoms with van der Waals surface area (Å²) in [5.41, 5.74) is -0.170. The van der Waals surface area contributed by atoms with Crippen molar-refractivity contribution in [3.8, 4) is 23.0 Å². The number of aryl methyl sites for hydroxylation is 1. The van der Waals surface area contributed by atoms with Gasteiger partial charge in [-0.05, 0) is 43.3 Å². The van der Waals surface area contributed by atoms with E-state index >= 15 is 0 Å². The second kappa shape index (κ2) is 8.83. The van der Waals surface area contributed by atoms with Crippen molar-refractivity contribution in [3.05, 3.63) is 98.4 Å². The number of non-ortho nitro benzene ring substituents is 1. The zero-order valence-electron chi connectivity index (χ0n) is 17.6. The fourth-order valence-corrected chi connectivity index (χ4v) is 3.12. The Hall–Kier alpha value is -4.66. The van der Waals surface area contributed by atoms with Crippen LogP contribution in [0.3, 0.4) is 0 Å². The standard InChI is InChI=1S/C24H17NO8/c1-14-23(32-18-5-3-4-17(12-18)30-2)22(26)20-11-10-19(13-21(20)31-14)33-24(27)15-6-8-16(9-7-15)25(28)29/h3-13H,1-2H3. The monoisotopic (exact) mass is 447 g/mol. The summed E-state index contributed by atoms with van der Waals surface area (Å²) in [6, 6.07) is 16.2. The van der Waals surface area contributed by atoms with Gasteiger partial charge in [-0.2, -0.15) is 0 Å². The number of carbonyl (C=O) groups excluding carboxylic acids is 1. The van der Waals surface area contributed by atoms with Crippen LogP contribution in [0, 0.1) is 17.0 Å². The molecule has 0 saturated heterocycles. The van der Waals surface area contributed by atoms with E-state index in [0.29, 0.717) is 11.5 Å². The molecule has 0 spiro atoms. The molecule has 0 unspecified atom stereocenters. The zero-order valence-corrected chi connectivity index (χ0v) is 17.6. The Morgan fingerprint density at radius 2 is 1.70 bits per heavy atom. The number of hydrogen-bond acceptors (Lipinski definition) is 8. The van der Waals surface area contributed by atoms with Crippen LogP contribution in [-0.4, -0.2) is 18.0 Å². The third-order valence-corrected chi connectivity index (χ3v) is 4.77. The fraction of sp³-hybridized carbons (Fsp3) is 0.0833. The number of rotatable bonds is 6. The molecule has 1 heterocycles. The predicted molar refractivity (Wildman–Crippen MR) is 118 cm³/mol. The first-order chi connectivity index (χ1) is 15.9. The predicted octanol–water partition coefficient (Wildman–Crippen LogP) is 5.03. The van der Waals surface area contributed by atoms with E-state index in [1.165, 1.54) is 49.6 Å². The molecule has 0 aliphatic rings. The van der Waals surface area contributed by atoms with Crippen molar-refractivity contribution in [2.45, 2.75) is 6.92 Å². The number of fused-ring (bicyclic) bond motifs is 1. The number of ether oxygens (including phenoxy) is 3. The summed E-state index contributed by atoms with van der Waals surface area (Å²) in [5, 5.41) is 11.0. The minimum absolute atomic E-state index is 0.0337. The lowest BCUT2D eigenvalue weighted by Crippen LogP contribution is -2.10. The van der Waals surface area contributed by atoms with Gasteiger partial charge in [-0.15, -0.1) is 0 Å². The second-order valence-corrected chi connectivity index (χ2v) is 6.95. The van der Waals surface area contributed by atoms with E-state index in [4.69, 9.17) is 18.6 Å². The highest BCUT2D eigenvalue weighted by atomic mass is 16.6. The number of esters is 1. The largest absolute Gasteiger partial charge is 0.497 e. The van der Waals surface area contributed by atoms with Gasteiger partial charge in [-0.3, -0.25) is 14.9 Å². The van der Waals surface area contributed by atoms with Crippen LogP contribution in [0.2, 0.25) is 0 Å².